The number of carbonyl (C=O) groups is 2. The van der Waals surface area contributed by atoms with Crippen LogP contribution in [0.5, 0.6) is 0 Å². The number of carboxylic acids is 1. The molecule has 3 atom stereocenters. The van der Waals surface area contributed by atoms with Crippen LogP contribution in [0.25, 0.3) is 16.1 Å². The number of aliphatic hydroxyl groups is 1. The molecule has 0 radical (unpaired) electrons. The summed E-state index contributed by atoms with van der Waals surface area (Å²) in [6.45, 7) is 1.55. The molecule has 1 saturated heterocycles. The Balaban J connectivity index is 1.85. The molecule has 0 aliphatic carbocycles. The predicted octanol–water partition coefficient (Wildman–Crippen LogP) is 1.16. The van der Waals surface area contributed by atoms with Gasteiger partial charge in [-0.1, -0.05) is 23.9 Å². The summed E-state index contributed by atoms with van der Waals surface area (Å²) in [7, 11) is 0. The van der Waals surface area contributed by atoms with Crippen LogP contribution in [0.3, 0.4) is 0 Å². The Labute approximate surface area is 135 Å². The second kappa shape index (κ2) is 4.84. The van der Waals surface area contributed by atoms with E-state index >= 15 is 0 Å². The van der Waals surface area contributed by atoms with Gasteiger partial charge in [0.1, 0.15) is 16.7 Å². The van der Waals surface area contributed by atoms with Crippen molar-refractivity contribution in [1.82, 2.24) is 14.5 Å². The van der Waals surface area contributed by atoms with Crippen LogP contribution >= 0.6 is 11.8 Å². The van der Waals surface area contributed by atoms with E-state index in [2.05, 4.69) is 4.98 Å². The van der Waals surface area contributed by atoms with E-state index in [1.54, 1.807) is 17.8 Å². The maximum atomic E-state index is 12.2. The van der Waals surface area contributed by atoms with Crippen molar-refractivity contribution in [3.63, 3.8) is 0 Å². The zero-order chi connectivity index (χ0) is 16.3. The van der Waals surface area contributed by atoms with Crippen molar-refractivity contribution in [3.8, 4) is 0 Å². The number of aliphatic carboxylic acids is 1. The van der Waals surface area contributed by atoms with Crippen LogP contribution in [0.2, 0.25) is 0 Å². The fraction of sp³-hybridized carbons (Fsp3) is 0.267. The second-order valence-electron chi connectivity index (χ2n) is 5.55. The zero-order valence-corrected chi connectivity index (χ0v) is 12.9. The summed E-state index contributed by atoms with van der Waals surface area (Å²) in [6.07, 6.45) is 0.745. The van der Waals surface area contributed by atoms with E-state index in [1.807, 2.05) is 24.3 Å². The largest absolute Gasteiger partial charge is 0.476 e. The van der Waals surface area contributed by atoms with Crippen LogP contribution in [-0.2, 0) is 9.59 Å². The van der Waals surface area contributed by atoms with Crippen molar-refractivity contribution in [3.05, 3.63) is 36.3 Å². The molecule has 4 rings (SSSR count). The first kappa shape index (κ1) is 14.3. The summed E-state index contributed by atoms with van der Waals surface area (Å²) < 4.78 is 1.69. The highest BCUT2D eigenvalue weighted by molar-refractivity contribution is 8.09. The number of β-lactam (4-membered cyclic amide) rings is 1. The molecule has 2 aliphatic heterocycles. The molecule has 0 bridgehead atoms. The summed E-state index contributed by atoms with van der Waals surface area (Å²) in [5.41, 5.74) is 1.47. The van der Waals surface area contributed by atoms with Gasteiger partial charge in [-0.2, -0.15) is 0 Å². The number of nitrogens with zero attached hydrogens (tertiary/aromatic N) is 3. The minimum Gasteiger partial charge on any atom is -0.476 e. The third-order valence-electron chi connectivity index (χ3n) is 4.15. The fourth-order valence-electron chi connectivity index (χ4n) is 3.05. The van der Waals surface area contributed by atoms with Crippen molar-refractivity contribution in [1.29, 1.82) is 0 Å². The molecule has 0 saturated carbocycles. The number of hydrogen-bond acceptors (Lipinski definition) is 5. The van der Waals surface area contributed by atoms with Gasteiger partial charge in [0.15, 0.2) is 5.70 Å². The lowest BCUT2D eigenvalue weighted by molar-refractivity contribution is -0.156. The van der Waals surface area contributed by atoms with Gasteiger partial charge in [-0.05, 0) is 19.1 Å². The summed E-state index contributed by atoms with van der Waals surface area (Å²) in [5, 5.41) is 19.4. The molecule has 1 aromatic carbocycles. The summed E-state index contributed by atoms with van der Waals surface area (Å²) in [6, 6.07) is 7.39. The van der Waals surface area contributed by atoms with Gasteiger partial charge in [-0.15, -0.1) is 0 Å². The first-order valence-corrected chi connectivity index (χ1v) is 7.96. The SMILES string of the molecule is C[C@@H](O)[C@H]1C(=O)N2C(C(=O)O)=C(n3cnc4ccccc43)S[C@H]12. The minimum absolute atomic E-state index is 0.0509. The number of para-hydroxylation sites is 2. The average molecular weight is 331 g/mol. The number of imidazole rings is 1. The lowest BCUT2D eigenvalue weighted by Gasteiger charge is -2.43. The molecule has 118 valence electrons. The van der Waals surface area contributed by atoms with E-state index in [1.165, 1.54) is 16.7 Å². The molecule has 8 heteroatoms. The maximum absolute atomic E-state index is 12.2. The lowest BCUT2D eigenvalue weighted by Crippen LogP contribution is -2.60. The van der Waals surface area contributed by atoms with Gasteiger partial charge in [0.25, 0.3) is 0 Å². The Hall–Kier alpha value is -2.32. The molecule has 3 heterocycles. The van der Waals surface area contributed by atoms with Crippen LogP contribution in [-0.4, -0.2) is 48.0 Å². The molecule has 23 heavy (non-hydrogen) atoms. The number of aromatic nitrogens is 2. The van der Waals surface area contributed by atoms with Crippen LogP contribution in [0, 0.1) is 5.92 Å². The normalized spacial score (nSPS) is 24.8. The highest BCUT2D eigenvalue weighted by Crippen LogP contribution is 2.52. The quantitative estimate of drug-likeness (QED) is 0.820. The first-order chi connectivity index (χ1) is 11.0. The lowest BCUT2D eigenvalue weighted by atomic mass is 9.92. The smallest absolute Gasteiger partial charge is 0.355 e. The van der Waals surface area contributed by atoms with Crippen LogP contribution < -0.4 is 0 Å². The van der Waals surface area contributed by atoms with Gasteiger partial charge in [0, 0.05) is 0 Å². The van der Waals surface area contributed by atoms with E-state index in [9.17, 15) is 19.8 Å². The van der Waals surface area contributed by atoms with E-state index in [4.69, 9.17) is 0 Å². The Morgan fingerprint density at radius 2 is 2.13 bits per heavy atom. The molecular weight excluding hydrogens is 318 g/mol. The van der Waals surface area contributed by atoms with Crippen molar-refractivity contribution >= 4 is 39.7 Å². The number of carbonyl (C=O) groups excluding carboxylic acids is 1. The number of rotatable bonds is 3. The third kappa shape index (κ3) is 1.85. The van der Waals surface area contributed by atoms with Crippen molar-refractivity contribution in [2.75, 3.05) is 0 Å². The molecule has 0 spiro atoms. The number of fused-ring (bicyclic) bond motifs is 2. The number of aliphatic hydroxyl groups excluding tert-OH is 1. The minimum atomic E-state index is -1.16. The Kier molecular flexibility index (Phi) is 3.00. The third-order valence-corrected chi connectivity index (χ3v) is 5.51. The number of thioether (sulfide) groups is 1. The fourth-order valence-corrected chi connectivity index (χ4v) is 4.64. The van der Waals surface area contributed by atoms with Crippen molar-refractivity contribution < 1.29 is 19.8 Å². The number of amides is 1. The summed E-state index contributed by atoms with van der Waals surface area (Å²) in [5.74, 6) is -2.10. The monoisotopic (exact) mass is 331 g/mol. The molecule has 1 aromatic heterocycles. The molecule has 1 amide bonds. The van der Waals surface area contributed by atoms with E-state index in [0.29, 0.717) is 5.03 Å². The molecule has 2 N–H and O–H groups in total. The highest BCUT2D eigenvalue weighted by atomic mass is 32.2. The van der Waals surface area contributed by atoms with Crippen LogP contribution in [0.15, 0.2) is 36.3 Å². The topological polar surface area (TPSA) is 95.7 Å². The Morgan fingerprint density at radius 3 is 2.83 bits per heavy atom. The standard InChI is InChI=1S/C15H13N3O4S/c1-7(19)10-12(20)18-11(15(21)22)14(23-13(10)18)17-6-16-8-4-2-3-5-9(8)17/h2-7,10,13,19H,1H3,(H,21,22)/t7-,10+,13-/m1/s1. The van der Waals surface area contributed by atoms with Crippen molar-refractivity contribution in [2.24, 2.45) is 5.92 Å². The predicted molar refractivity (Wildman–Crippen MR) is 84.0 cm³/mol. The van der Waals surface area contributed by atoms with E-state index < -0.39 is 18.0 Å². The van der Waals surface area contributed by atoms with Gasteiger partial charge in [-0.3, -0.25) is 14.3 Å². The number of hydrogen-bond donors (Lipinski definition) is 2. The summed E-state index contributed by atoms with van der Waals surface area (Å²) >= 11 is 1.28. The molecule has 2 aliphatic rings. The van der Waals surface area contributed by atoms with E-state index in [0.717, 1.165) is 11.0 Å². The molecule has 0 unspecified atom stereocenters. The molecule has 7 nitrogen and oxygen atoms in total. The highest BCUT2D eigenvalue weighted by Gasteiger charge is 2.58. The van der Waals surface area contributed by atoms with Gasteiger partial charge in [-0.25, -0.2) is 9.78 Å². The molecular formula is C15H13N3O4S. The van der Waals surface area contributed by atoms with Gasteiger partial charge in [0.05, 0.1) is 23.1 Å². The first-order valence-electron chi connectivity index (χ1n) is 7.08. The maximum Gasteiger partial charge on any atom is 0.355 e. The molecule has 1 fully saturated rings. The van der Waals surface area contributed by atoms with Gasteiger partial charge < -0.3 is 10.2 Å². The number of carboxylic acid groups (broad SMARTS) is 1. The van der Waals surface area contributed by atoms with Gasteiger partial charge >= 0.3 is 5.97 Å². The van der Waals surface area contributed by atoms with Crippen molar-refractivity contribution in [2.45, 2.75) is 18.4 Å². The van der Waals surface area contributed by atoms with Crippen LogP contribution in [0.1, 0.15) is 6.92 Å². The zero-order valence-electron chi connectivity index (χ0n) is 12.1. The van der Waals surface area contributed by atoms with Gasteiger partial charge in [0.2, 0.25) is 5.91 Å². The second-order valence-corrected chi connectivity index (χ2v) is 6.65. The average Bonchev–Trinajstić information content (AvgIpc) is 3.05. The Bertz CT molecular complexity index is 872. The Morgan fingerprint density at radius 1 is 1.39 bits per heavy atom. The van der Waals surface area contributed by atoms with E-state index in [-0.39, 0.29) is 17.0 Å². The molecule has 2 aromatic rings. The van der Waals surface area contributed by atoms with Crippen LogP contribution in [0.4, 0.5) is 0 Å². The number of benzene rings is 1. The summed E-state index contributed by atoms with van der Waals surface area (Å²) in [4.78, 5) is 29.4.